The summed E-state index contributed by atoms with van der Waals surface area (Å²) in [5, 5.41) is 9.00. The summed E-state index contributed by atoms with van der Waals surface area (Å²) >= 11 is 3.37. The smallest absolute Gasteiger partial charge is 0.101 e. The van der Waals surface area contributed by atoms with Crippen molar-refractivity contribution in [3.8, 4) is 6.07 Å². The first-order valence-electron chi connectivity index (χ1n) is 4.68. The Hall–Kier alpha value is -1.01. The number of nitrogens with zero attached hydrogens (tertiary/aromatic N) is 2. The van der Waals surface area contributed by atoms with E-state index in [1.807, 2.05) is 18.2 Å². The third-order valence-corrected chi connectivity index (χ3v) is 3.20. The van der Waals surface area contributed by atoms with E-state index >= 15 is 0 Å². The van der Waals surface area contributed by atoms with Gasteiger partial charge in [0, 0.05) is 17.1 Å². The number of halogens is 1. The predicted molar refractivity (Wildman–Crippen MR) is 60.3 cm³/mol. The minimum Gasteiger partial charge on any atom is -0.368 e. The average Bonchev–Trinajstić information content (AvgIpc) is 2.18. The summed E-state index contributed by atoms with van der Waals surface area (Å²) in [5.41, 5.74) is 1.82. The summed E-state index contributed by atoms with van der Waals surface area (Å²) in [4.78, 5) is 2.27. The highest BCUT2D eigenvalue weighted by atomic mass is 79.9. The van der Waals surface area contributed by atoms with Crippen molar-refractivity contribution in [1.29, 1.82) is 5.26 Å². The van der Waals surface area contributed by atoms with Gasteiger partial charge in [0.1, 0.15) is 6.07 Å². The third-order valence-electron chi connectivity index (χ3n) is 2.71. The van der Waals surface area contributed by atoms with E-state index in [4.69, 9.17) is 5.26 Å². The molecule has 1 aromatic carbocycles. The van der Waals surface area contributed by atoms with Gasteiger partial charge in [0.15, 0.2) is 0 Å². The van der Waals surface area contributed by atoms with E-state index in [0.717, 1.165) is 22.3 Å². The molecule has 1 aliphatic rings. The molecule has 1 unspecified atom stereocenters. The number of hydrogen-bond donors (Lipinski definition) is 0. The predicted octanol–water partition coefficient (Wildman–Crippen LogP) is 2.92. The van der Waals surface area contributed by atoms with Crippen LogP contribution >= 0.6 is 15.9 Å². The third kappa shape index (κ3) is 1.51. The fourth-order valence-electron chi connectivity index (χ4n) is 1.72. The molecule has 1 atom stereocenters. The minimum absolute atomic E-state index is 0.572. The first kappa shape index (κ1) is 9.54. The summed E-state index contributed by atoms with van der Waals surface area (Å²) in [6.45, 7) is 3.25. The Balaban J connectivity index is 2.38. The Morgan fingerprint density at radius 1 is 1.57 bits per heavy atom. The SMILES string of the molecule is CC1CCN1c1ccc(Br)cc1C#N. The van der Waals surface area contributed by atoms with Crippen LogP contribution in [0.4, 0.5) is 5.69 Å². The fraction of sp³-hybridized carbons (Fsp3) is 0.364. The lowest BCUT2D eigenvalue weighted by Crippen LogP contribution is -2.46. The molecule has 3 heteroatoms. The van der Waals surface area contributed by atoms with Crippen molar-refractivity contribution in [3.05, 3.63) is 28.2 Å². The lowest BCUT2D eigenvalue weighted by atomic mass is 10.0. The van der Waals surface area contributed by atoms with Crippen molar-refractivity contribution in [2.75, 3.05) is 11.4 Å². The molecule has 0 N–H and O–H groups in total. The van der Waals surface area contributed by atoms with Gasteiger partial charge in [-0.25, -0.2) is 0 Å². The van der Waals surface area contributed by atoms with Crippen LogP contribution in [0, 0.1) is 11.3 Å². The first-order chi connectivity index (χ1) is 6.72. The number of anilines is 1. The molecule has 1 fully saturated rings. The van der Waals surface area contributed by atoms with E-state index in [-0.39, 0.29) is 0 Å². The molecule has 0 saturated carbocycles. The maximum Gasteiger partial charge on any atom is 0.101 e. The molecule has 1 aromatic rings. The van der Waals surface area contributed by atoms with Crippen molar-refractivity contribution in [3.63, 3.8) is 0 Å². The van der Waals surface area contributed by atoms with Gasteiger partial charge in [-0.05, 0) is 31.5 Å². The zero-order valence-electron chi connectivity index (χ0n) is 8.00. The van der Waals surface area contributed by atoms with Gasteiger partial charge >= 0.3 is 0 Å². The Kier molecular flexibility index (Phi) is 2.47. The van der Waals surface area contributed by atoms with Gasteiger partial charge < -0.3 is 4.90 Å². The molecule has 2 rings (SSSR count). The molecule has 0 bridgehead atoms. The Bertz CT molecular complexity index is 395. The van der Waals surface area contributed by atoms with Crippen LogP contribution in [0.2, 0.25) is 0 Å². The number of rotatable bonds is 1. The summed E-state index contributed by atoms with van der Waals surface area (Å²) < 4.78 is 0.964. The van der Waals surface area contributed by atoms with Gasteiger partial charge in [0.25, 0.3) is 0 Å². The van der Waals surface area contributed by atoms with Crippen LogP contribution in [0.1, 0.15) is 18.9 Å². The van der Waals surface area contributed by atoms with E-state index in [9.17, 15) is 0 Å². The van der Waals surface area contributed by atoms with Crippen LogP contribution in [-0.2, 0) is 0 Å². The Morgan fingerprint density at radius 3 is 2.86 bits per heavy atom. The van der Waals surface area contributed by atoms with E-state index in [0.29, 0.717) is 6.04 Å². The number of benzene rings is 1. The zero-order valence-corrected chi connectivity index (χ0v) is 9.58. The van der Waals surface area contributed by atoms with E-state index < -0.39 is 0 Å². The fourth-order valence-corrected chi connectivity index (χ4v) is 2.08. The average molecular weight is 251 g/mol. The highest BCUT2D eigenvalue weighted by Gasteiger charge is 2.25. The monoisotopic (exact) mass is 250 g/mol. The Labute approximate surface area is 92.3 Å². The van der Waals surface area contributed by atoms with Crippen molar-refractivity contribution in [2.24, 2.45) is 0 Å². The molecule has 1 aliphatic heterocycles. The van der Waals surface area contributed by atoms with Crippen LogP contribution < -0.4 is 4.90 Å². The second-order valence-electron chi connectivity index (χ2n) is 3.60. The van der Waals surface area contributed by atoms with E-state index in [1.165, 1.54) is 6.42 Å². The maximum atomic E-state index is 9.00. The highest BCUT2D eigenvalue weighted by Crippen LogP contribution is 2.30. The van der Waals surface area contributed by atoms with Crippen molar-refractivity contribution in [2.45, 2.75) is 19.4 Å². The largest absolute Gasteiger partial charge is 0.368 e. The molecule has 0 aliphatic carbocycles. The quantitative estimate of drug-likeness (QED) is 0.767. The summed E-state index contributed by atoms with van der Waals surface area (Å²) in [7, 11) is 0. The van der Waals surface area contributed by atoms with Gasteiger partial charge in [-0.15, -0.1) is 0 Å². The topological polar surface area (TPSA) is 27.0 Å². The van der Waals surface area contributed by atoms with Gasteiger partial charge in [-0.1, -0.05) is 15.9 Å². The molecule has 0 radical (unpaired) electrons. The van der Waals surface area contributed by atoms with Crippen molar-refractivity contribution < 1.29 is 0 Å². The lowest BCUT2D eigenvalue weighted by Gasteiger charge is -2.41. The van der Waals surface area contributed by atoms with Crippen LogP contribution in [0.5, 0.6) is 0 Å². The first-order valence-corrected chi connectivity index (χ1v) is 5.48. The van der Waals surface area contributed by atoms with Crippen LogP contribution in [0.25, 0.3) is 0 Å². The number of nitriles is 1. The standard InChI is InChI=1S/C11H11BrN2/c1-8-4-5-14(8)11-3-2-10(12)6-9(11)7-13/h2-3,6,8H,4-5H2,1H3. The summed E-state index contributed by atoms with van der Waals surface area (Å²) in [6, 6.07) is 8.68. The van der Waals surface area contributed by atoms with Gasteiger partial charge in [0.05, 0.1) is 11.3 Å². The van der Waals surface area contributed by atoms with Crippen LogP contribution in [-0.4, -0.2) is 12.6 Å². The molecule has 14 heavy (non-hydrogen) atoms. The van der Waals surface area contributed by atoms with Gasteiger partial charge in [-0.2, -0.15) is 5.26 Å². The second kappa shape index (κ2) is 3.62. The molecular weight excluding hydrogens is 240 g/mol. The highest BCUT2D eigenvalue weighted by molar-refractivity contribution is 9.10. The van der Waals surface area contributed by atoms with Gasteiger partial charge in [-0.3, -0.25) is 0 Å². The van der Waals surface area contributed by atoms with Crippen molar-refractivity contribution >= 4 is 21.6 Å². The molecule has 2 nitrogen and oxygen atoms in total. The molecule has 0 spiro atoms. The van der Waals surface area contributed by atoms with Gasteiger partial charge in [0.2, 0.25) is 0 Å². The molecule has 72 valence electrons. The van der Waals surface area contributed by atoms with Crippen LogP contribution in [0.15, 0.2) is 22.7 Å². The molecule has 0 amide bonds. The summed E-state index contributed by atoms with van der Waals surface area (Å²) in [5.74, 6) is 0. The summed E-state index contributed by atoms with van der Waals surface area (Å²) in [6.07, 6.45) is 1.22. The zero-order chi connectivity index (χ0) is 10.1. The molecule has 0 aromatic heterocycles. The molecular formula is C11H11BrN2. The maximum absolute atomic E-state index is 9.00. The van der Waals surface area contributed by atoms with E-state index in [1.54, 1.807) is 0 Å². The normalized spacial score (nSPS) is 20.1. The molecule has 1 saturated heterocycles. The lowest BCUT2D eigenvalue weighted by molar-refractivity contribution is 0.481. The van der Waals surface area contributed by atoms with Crippen molar-refractivity contribution in [1.82, 2.24) is 0 Å². The minimum atomic E-state index is 0.572. The van der Waals surface area contributed by atoms with Crippen LogP contribution in [0.3, 0.4) is 0 Å². The second-order valence-corrected chi connectivity index (χ2v) is 4.52. The number of hydrogen-bond acceptors (Lipinski definition) is 2. The Morgan fingerprint density at radius 2 is 2.36 bits per heavy atom. The molecule has 1 heterocycles. The van der Waals surface area contributed by atoms with E-state index in [2.05, 4.69) is 33.8 Å².